The van der Waals surface area contributed by atoms with Crippen LogP contribution in [0, 0.1) is 5.92 Å². The van der Waals surface area contributed by atoms with Gasteiger partial charge in [0, 0.05) is 32.4 Å². The molecule has 10 nitrogen and oxygen atoms in total. The summed E-state index contributed by atoms with van der Waals surface area (Å²) < 4.78 is 12.2. The van der Waals surface area contributed by atoms with Crippen LogP contribution >= 0.6 is 0 Å². The average molecular weight is 456 g/mol. The van der Waals surface area contributed by atoms with Crippen LogP contribution in [0.4, 0.5) is 5.69 Å². The maximum absolute atomic E-state index is 12.8. The molecule has 0 aliphatic carbocycles. The molecule has 2 aliphatic heterocycles. The largest absolute Gasteiger partial charge is 0.484 e. The minimum absolute atomic E-state index is 0.0504. The third-order valence-corrected chi connectivity index (χ3v) is 5.77. The first kappa shape index (κ1) is 22.8. The lowest BCUT2D eigenvalue weighted by atomic mass is 9.96. The number of benzene rings is 1. The monoisotopic (exact) mass is 455 g/mol. The van der Waals surface area contributed by atoms with Crippen LogP contribution in [-0.4, -0.2) is 83.3 Å². The average Bonchev–Trinajstić information content (AvgIpc) is 3.30. The summed E-state index contributed by atoms with van der Waals surface area (Å²) in [5.74, 6) is 0.143. The molecule has 10 heteroatoms. The van der Waals surface area contributed by atoms with Gasteiger partial charge in [0.25, 0.3) is 5.91 Å². The van der Waals surface area contributed by atoms with Crippen molar-refractivity contribution in [3.63, 3.8) is 0 Å². The number of hydrogen-bond donors (Lipinski definition) is 1. The molecule has 0 spiro atoms. The lowest BCUT2D eigenvalue weighted by Gasteiger charge is -2.36. The topological polar surface area (TPSA) is 106 Å². The molecule has 2 aliphatic rings. The summed E-state index contributed by atoms with van der Waals surface area (Å²) in [6, 6.07) is 9.08. The van der Waals surface area contributed by atoms with E-state index in [4.69, 9.17) is 9.47 Å². The predicted molar refractivity (Wildman–Crippen MR) is 119 cm³/mol. The number of carbonyl (C=O) groups excluding carboxylic acids is 3. The van der Waals surface area contributed by atoms with Gasteiger partial charge in [-0.05, 0) is 25.0 Å². The maximum atomic E-state index is 12.8. The third-order valence-electron chi connectivity index (χ3n) is 5.77. The lowest BCUT2D eigenvalue weighted by Crippen LogP contribution is -2.50. The molecule has 3 heterocycles. The number of rotatable bonds is 7. The summed E-state index contributed by atoms with van der Waals surface area (Å²) in [6.45, 7) is 3.34. The highest BCUT2D eigenvalue weighted by Crippen LogP contribution is 2.20. The summed E-state index contributed by atoms with van der Waals surface area (Å²) in [4.78, 5) is 41.3. The Hall–Kier alpha value is -3.40. The Morgan fingerprint density at radius 3 is 2.67 bits per heavy atom. The van der Waals surface area contributed by atoms with Gasteiger partial charge >= 0.3 is 0 Å². The number of amides is 3. The van der Waals surface area contributed by atoms with Crippen molar-refractivity contribution < 1.29 is 23.9 Å². The van der Waals surface area contributed by atoms with Crippen molar-refractivity contribution in [1.29, 1.82) is 0 Å². The molecule has 1 atom stereocenters. The Labute approximate surface area is 192 Å². The van der Waals surface area contributed by atoms with Crippen molar-refractivity contribution in [2.45, 2.75) is 19.4 Å². The zero-order valence-corrected chi connectivity index (χ0v) is 18.5. The van der Waals surface area contributed by atoms with E-state index in [0.29, 0.717) is 50.8 Å². The first-order valence-corrected chi connectivity index (χ1v) is 11.2. The molecule has 1 aromatic heterocycles. The molecule has 1 unspecified atom stereocenters. The van der Waals surface area contributed by atoms with Crippen molar-refractivity contribution in [2.75, 3.05) is 51.3 Å². The van der Waals surface area contributed by atoms with E-state index in [-0.39, 0.29) is 36.8 Å². The zero-order valence-electron chi connectivity index (χ0n) is 18.5. The number of carbonyl (C=O) groups is 3. The van der Waals surface area contributed by atoms with Crippen LogP contribution in [0.1, 0.15) is 12.8 Å². The SMILES string of the molecule is O=C(COc1ccccc1)Nc1cnn(CC(=O)N2CCCC(C(=O)N3CCOCC3)C2)c1. The summed E-state index contributed by atoms with van der Waals surface area (Å²) >= 11 is 0. The van der Waals surface area contributed by atoms with Crippen LogP contribution in [0.2, 0.25) is 0 Å². The molecule has 0 saturated carbocycles. The van der Waals surface area contributed by atoms with E-state index >= 15 is 0 Å². The van der Waals surface area contributed by atoms with Gasteiger partial charge in [0.15, 0.2) is 6.61 Å². The first-order chi connectivity index (χ1) is 16.1. The van der Waals surface area contributed by atoms with Crippen LogP contribution in [0.3, 0.4) is 0 Å². The fourth-order valence-electron chi connectivity index (χ4n) is 4.06. The zero-order chi connectivity index (χ0) is 23.0. The van der Waals surface area contributed by atoms with Crippen LogP contribution < -0.4 is 10.1 Å². The second kappa shape index (κ2) is 11.0. The van der Waals surface area contributed by atoms with Gasteiger partial charge in [-0.2, -0.15) is 5.10 Å². The standard InChI is InChI=1S/C23H29N5O5/c29-21(17-33-20-6-2-1-3-7-20)25-19-13-24-28(15-19)16-22(30)27-8-4-5-18(14-27)23(31)26-9-11-32-12-10-26/h1-3,6-7,13,15,18H,4-5,8-12,14,16-17H2,(H,25,29). The molecule has 3 amide bonds. The Balaban J connectivity index is 1.24. The third kappa shape index (κ3) is 6.32. The molecule has 0 radical (unpaired) electrons. The van der Waals surface area contributed by atoms with E-state index in [1.54, 1.807) is 23.2 Å². The molecule has 1 N–H and O–H groups in total. The van der Waals surface area contributed by atoms with E-state index < -0.39 is 0 Å². The Morgan fingerprint density at radius 2 is 1.88 bits per heavy atom. The van der Waals surface area contributed by atoms with Gasteiger partial charge in [0.05, 0.1) is 31.0 Å². The summed E-state index contributed by atoms with van der Waals surface area (Å²) in [6.07, 6.45) is 4.70. The number of morpholine rings is 1. The Morgan fingerprint density at radius 1 is 1.09 bits per heavy atom. The quantitative estimate of drug-likeness (QED) is 0.668. The summed E-state index contributed by atoms with van der Waals surface area (Å²) in [7, 11) is 0. The molecule has 176 valence electrons. The second-order valence-electron chi connectivity index (χ2n) is 8.19. The number of nitrogens with one attached hydrogen (secondary N) is 1. The number of para-hydroxylation sites is 1. The van der Waals surface area contributed by atoms with Crippen molar-refractivity contribution in [3.05, 3.63) is 42.7 Å². The molecular formula is C23H29N5O5. The van der Waals surface area contributed by atoms with Gasteiger partial charge in [-0.25, -0.2) is 0 Å². The minimum atomic E-state index is -0.315. The van der Waals surface area contributed by atoms with Crippen LogP contribution in [0.5, 0.6) is 5.75 Å². The second-order valence-corrected chi connectivity index (χ2v) is 8.19. The van der Waals surface area contributed by atoms with E-state index in [9.17, 15) is 14.4 Å². The molecule has 0 bridgehead atoms. The number of nitrogens with zero attached hydrogens (tertiary/aromatic N) is 4. The number of likely N-dealkylation sites (tertiary alicyclic amines) is 1. The molecule has 4 rings (SSSR count). The highest BCUT2D eigenvalue weighted by atomic mass is 16.5. The summed E-state index contributed by atoms with van der Waals surface area (Å²) in [5, 5.41) is 6.89. The van der Waals surface area contributed by atoms with E-state index in [1.165, 1.54) is 10.9 Å². The van der Waals surface area contributed by atoms with Crippen molar-refractivity contribution in [3.8, 4) is 5.75 Å². The highest BCUT2D eigenvalue weighted by molar-refractivity contribution is 5.91. The Kier molecular flexibility index (Phi) is 7.56. The summed E-state index contributed by atoms with van der Waals surface area (Å²) in [5.41, 5.74) is 0.489. The van der Waals surface area contributed by atoms with Gasteiger partial charge in [-0.3, -0.25) is 19.1 Å². The van der Waals surface area contributed by atoms with Gasteiger partial charge < -0.3 is 24.6 Å². The van der Waals surface area contributed by atoms with Crippen molar-refractivity contribution in [1.82, 2.24) is 19.6 Å². The molecular weight excluding hydrogens is 426 g/mol. The van der Waals surface area contributed by atoms with E-state index in [2.05, 4.69) is 10.4 Å². The van der Waals surface area contributed by atoms with Gasteiger partial charge in [-0.15, -0.1) is 0 Å². The maximum Gasteiger partial charge on any atom is 0.262 e. The van der Waals surface area contributed by atoms with Crippen LogP contribution in [-0.2, 0) is 25.7 Å². The van der Waals surface area contributed by atoms with Crippen LogP contribution in [0.25, 0.3) is 0 Å². The molecule has 1 aromatic carbocycles. The number of aromatic nitrogens is 2. The van der Waals surface area contributed by atoms with E-state index in [0.717, 1.165) is 12.8 Å². The molecule has 2 saturated heterocycles. The van der Waals surface area contributed by atoms with Crippen molar-refractivity contribution >= 4 is 23.4 Å². The molecule has 33 heavy (non-hydrogen) atoms. The number of hydrogen-bond acceptors (Lipinski definition) is 6. The number of piperidine rings is 1. The van der Waals surface area contributed by atoms with Crippen LogP contribution in [0.15, 0.2) is 42.7 Å². The Bertz CT molecular complexity index is 957. The van der Waals surface area contributed by atoms with Gasteiger partial charge in [0.1, 0.15) is 12.3 Å². The fraction of sp³-hybridized carbons (Fsp3) is 0.478. The highest BCUT2D eigenvalue weighted by Gasteiger charge is 2.31. The smallest absolute Gasteiger partial charge is 0.262 e. The normalized spacial score (nSPS) is 18.6. The number of ether oxygens (including phenoxy) is 2. The van der Waals surface area contributed by atoms with Gasteiger partial charge in [0.2, 0.25) is 11.8 Å². The molecule has 2 fully saturated rings. The molecule has 2 aromatic rings. The first-order valence-electron chi connectivity index (χ1n) is 11.2. The lowest BCUT2D eigenvalue weighted by molar-refractivity contribution is -0.144. The minimum Gasteiger partial charge on any atom is -0.484 e. The van der Waals surface area contributed by atoms with Crippen molar-refractivity contribution in [2.24, 2.45) is 5.92 Å². The fourth-order valence-corrected chi connectivity index (χ4v) is 4.06. The predicted octanol–water partition coefficient (Wildman–Crippen LogP) is 0.998. The number of anilines is 1. The van der Waals surface area contributed by atoms with Gasteiger partial charge in [-0.1, -0.05) is 18.2 Å². The van der Waals surface area contributed by atoms with E-state index in [1.807, 2.05) is 23.1 Å².